The Morgan fingerprint density at radius 3 is 2.38 bits per heavy atom. The van der Waals surface area contributed by atoms with E-state index in [1.807, 2.05) is 31.2 Å². The van der Waals surface area contributed by atoms with E-state index in [1.165, 1.54) is 16.4 Å². The molecule has 0 saturated carbocycles. The van der Waals surface area contributed by atoms with Gasteiger partial charge in [-0.2, -0.15) is 0 Å². The minimum Gasteiger partial charge on any atom is -0.497 e. The number of benzene rings is 3. The van der Waals surface area contributed by atoms with E-state index in [0.29, 0.717) is 11.4 Å². The molecule has 4 rings (SSSR count). The van der Waals surface area contributed by atoms with Gasteiger partial charge in [0.25, 0.3) is 15.9 Å². The normalized spacial score (nSPS) is 16.4. The van der Waals surface area contributed by atoms with Crippen molar-refractivity contribution in [3.8, 4) is 11.5 Å². The highest BCUT2D eigenvalue weighted by molar-refractivity contribution is 7.92. The average Bonchev–Trinajstić information content (AvgIpc) is 2.83. The molecule has 0 aliphatic carbocycles. The van der Waals surface area contributed by atoms with Gasteiger partial charge in [0.2, 0.25) is 0 Å². The molecule has 0 spiro atoms. The summed E-state index contributed by atoms with van der Waals surface area (Å²) in [5, 5.41) is 2.92. The lowest BCUT2D eigenvalue weighted by atomic mass is 10.1. The lowest BCUT2D eigenvalue weighted by Crippen LogP contribution is -2.51. The van der Waals surface area contributed by atoms with Gasteiger partial charge in [0, 0.05) is 0 Å². The molecule has 166 valence electrons. The Morgan fingerprint density at radius 1 is 1.03 bits per heavy atom. The smallest absolute Gasteiger partial charge is 0.264 e. The number of methoxy groups -OCH3 is 1. The Morgan fingerprint density at radius 2 is 1.69 bits per heavy atom. The molecule has 0 fully saturated rings. The molecule has 7 nitrogen and oxygen atoms in total. The molecule has 3 aromatic rings. The van der Waals surface area contributed by atoms with Crippen LogP contribution in [-0.4, -0.2) is 34.1 Å². The minimum absolute atomic E-state index is 0.130. The summed E-state index contributed by atoms with van der Waals surface area (Å²) in [6.07, 6.45) is -0.996. The third kappa shape index (κ3) is 4.27. The van der Waals surface area contributed by atoms with E-state index in [0.717, 1.165) is 11.3 Å². The number of rotatable bonds is 6. The molecule has 1 aliphatic heterocycles. The van der Waals surface area contributed by atoms with E-state index in [4.69, 9.17) is 9.47 Å². The quantitative estimate of drug-likeness (QED) is 0.619. The second kappa shape index (κ2) is 8.92. The van der Waals surface area contributed by atoms with Gasteiger partial charge in [-0.15, -0.1) is 0 Å². The second-order valence-electron chi connectivity index (χ2n) is 7.43. The van der Waals surface area contributed by atoms with Crippen LogP contribution in [0.15, 0.2) is 83.8 Å². The van der Waals surface area contributed by atoms with Crippen LogP contribution in [0.1, 0.15) is 18.5 Å². The first kappa shape index (κ1) is 21.7. The van der Waals surface area contributed by atoms with Gasteiger partial charge in [-0.1, -0.05) is 42.5 Å². The number of sulfonamides is 1. The van der Waals surface area contributed by atoms with Crippen LogP contribution in [-0.2, 0) is 14.8 Å². The van der Waals surface area contributed by atoms with Crippen molar-refractivity contribution in [3.63, 3.8) is 0 Å². The van der Waals surface area contributed by atoms with E-state index >= 15 is 0 Å². The number of fused-ring (bicyclic) bond motifs is 1. The zero-order valence-corrected chi connectivity index (χ0v) is 18.6. The van der Waals surface area contributed by atoms with Crippen LogP contribution < -0.4 is 19.1 Å². The van der Waals surface area contributed by atoms with Crippen molar-refractivity contribution in [1.82, 2.24) is 5.32 Å². The highest BCUT2D eigenvalue weighted by Gasteiger charge is 2.37. The zero-order chi connectivity index (χ0) is 22.7. The molecular weight excluding hydrogens is 428 g/mol. The van der Waals surface area contributed by atoms with Gasteiger partial charge in [-0.25, -0.2) is 8.42 Å². The number of nitrogens with one attached hydrogen (secondary N) is 1. The van der Waals surface area contributed by atoms with E-state index in [9.17, 15) is 13.2 Å². The summed E-state index contributed by atoms with van der Waals surface area (Å²) in [5.74, 6) is 0.674. The molecule has 0 bridgehead atoms. The van der Waals surface area contributed by atoms with Crippen molar-refractivity contribution in [2.24, 2.45) is 0 Å². The summed E-state index contributed by atoms with van der Waals surface area (Å²) in [6, 6.07) is 22.0. The monoisotopic (exact) mass is 452 g/mol. The molecule has 3 aromatic carbocycles. The summed E-state index contributed by atoms with van der Waals surface area (Å²) in [4.78, 5) is 13.2. The first-order chi connectivity index (χ1) is 15.4. The van der Waals surface area contributed by atoms with Crippen LogP contribution in [0.25, 0.3) is 0 Å². The number of hydrogen-bond donors (Lipinski definition) is 1. The van der Waals surface area contributed by atoms with Crippen molar-refractivity contribution in [2.75, 3.05) is 18.0 Å². The molecule has 1 heterocycles. The predicted molar refractivity (Wildman–Crippen MR) is 121 cm³/mol. The summed E-state index contributed by atoms with van der Waals surface area (Å²) >= 11 is 0. The number of ether oxygens (including phenoxy) is 2. The zero-order valence-electron chi connectivity index (χ0n) is 17.8. The molecule has 0 radical (unpaired) electrons. The number of hydrogen-bond acceptors (Lipinski definition) is 5. The maximum atomic E-state index is 13.3. The first-order valence-electron chi connectivity index (χ1n) is 10.2. The van der Waals surface area contributed by atoms with E-state index in [2.05, 4.69) is 5.32 Å². The fourth-order valence-electron chi connectivity index (χ4n) is 3.57. The number of para-hydroxylation sites is 2. The van der Waals surface area contributed by atoms with Crippen molar-refractivity contribution in [1.29, 1.82) is 0 Å². The third-order valence-electron chi connectivity index (χ3n) is 5.33. The third-order valence-corrected chi connectivity index (χ3v) is 7.13. The molecular formula is C24H24N2O5S. The highest BCUT2D eigenvalue weighted by atomic mass is 32.2. The van der Waals surface area contributed by atoms with Crippen LogP contribution in [0, 0.1) is 0 Å². The number of carbonyl (C=O) groups is 1. The molecule has 0 aromatic heterocycles. The standard InChI is InChI=1S/C24H24N2O5S/c1-17(18-12-14-19(30-2)15-13-18)25-24(27)23-16-26(21-10-6-7-11-22(21)31-23)32(28,29)20-8-4-3-5-9-20/h3-15,17,23H,16H2,1-2H3,(H,25,27)/t17-,23-/m1/s1. The van der Waals surface area contributed by atoms with Crippen molar-refractivity contribution in [2.45, 2.75) is 24.0 Å². The Balaban J connectivity index is 1.58. The Labute approximate surface area is 187 Å². The van der Waals surface area contributed by atoms with Gasteiger partial charge in [-0.05, 0) is 48.9 Å². The van der Waals surface area contributed by atoms with Crippen LogP contribution in [0.5, 0.6) is 11.5 Å². The summed E-state index contributed by atoms with van der Waals surface area (Å²) in [5.41, 5.74) is 1.30. The maximum Gasteiger partial charge on any atom is 0.264 e. The Bertz CT molecular complexity index is 1200. The van der Waals surface area contributed by atoms with E-state index in [-0.39, 0.29) is 17.5 Å². The van der Waals surface area contributed by atoms with Crippen molar-refractivity contribution < 1.29 is 22.7 Å². The lowest BCUT2D eigenvalue weighted by molar-refractivity contribution is -0.128. The first-order valence-corrected chi connectivity index (χ1v) is 11.6. The lowest BCUT2D eigenvalue weighted by Gasteiger charge is -2.35. The summed E-state index contributed by atoms with van der Waals surface area (Å²) < 4.78 is 39.0. The molecule has 2 atom stereocenters. The van der Waals surface area contributed by atoms with Crippen LogP contribution >= 0.6 is 0 Å². The number of nitrogens with zero attached hydrogens (tertiary/aromatic N) is 1. The molecule has 8 heteroatoms. The average molecular weight is 453 g/mol. The van der Waals surface area contributed by atoms with Crippen LogP contribution in [0.4, 0.5) is 5.69 Å². The van der Waals surface area contributed by atoms with Gasteiger partial charge in [0.15, 0.2) is 6.10 Å². The maximum absolute atomic E-state index is 13.3. The van der Waals surface area contributed by atoms with Gasteiger partial charge < -0.3 is 14.8 Å². The molecule has 1 N–H and O–H groups in total. The largest absolute Gasteiger partial charge is 0.497 e. The van der Waals surface area contributed by atoms with E-state index < -0.39 is 22.0 Å². The van der Waals surface area contributed by atoms with Crippen molar-refractivity contribution >= 4 is 21.6 Å². The van der Waals surface area contributed by atoms with Crippen molar-refractivity contribution in [3.05, 3.63) is 84.4 Å². The van der Waals surface area contributed by atoms with Crippen LogP contribution in [0.2, 0.25) is 0 Å². The topological polar surface area (TPSA) is 84.9 Å². The molecule has 32 heavy (non-hydrogen) atoms. The molecule has 1 aliphatic rings. The molecule has 0 unspecified atom stereocenters. The summed E-state index contributed by atoms with van der Waals surface area (Å²) in [7, 11) is -2.28. The van der Waals surface area contributed by atoms with Gasteiger partial charge in [-0.3, -0.25) is 9.10 Å². The minimum atomic E-state index is -3.87. The SMILES string of the molecule is COc1ccc([C@@H](C)NC(=O)[C@H]2CN(S(=O)(=O)c3ccccc3)c3ccccc3O2)cc1. The van der Waals surface area contributed by atoms with Crippen LogP contribution in [0.3, 0.4) is 0 Å². The van der Waals surface area contributed by atoms with Gasteiger partial charge in [0.05, 0.1) is 30.3 Å². The number of anilines is 1. The number of carbonyl (C=O) groups excluding carboxylic acids is 1. The Hall–Kier alpha value is -3.52. The van der Waals surface area contributed by atoms with Gasteiger partial charge >= 0.3 is 0 Å². The fourth-order valence-corrected chi connectivity index (χ4v) is 5.07. The predicted octanol–water partition coefficient (Wildman–Crippen LogP) is 3.53. The highest BCUT2D eigenvalue weighted by Crippen LogP contribution is 2.36. The fraction of sp³-hybridized carbons (Fsp3) is 0.208. The number of amides is 1. The van der Waals surface area contributed by atoms with Gasteiger partial charge in [0.1, 0.15) is 11.5 Å². The molecule has 1 amide bonds. The molecule has 0 saturated heterocycles. The van der Waals surface area contributed by atoms with E-state index in [1.54, 1.807) is 49.6 Å². The Kier molecular flexibility index (Phi) is 6.05. The summed E-state index contributed by atoms with van der Waals surface area (Å²) in [6.45, 7) is 1.73. The second-order valence-corrected chi connectivity index (χ2v) is 9.29.